The van der Waals surface area contributed by atoms with E-state index in [1.807, 2.05) is 0 Å². The maximum absolute atomic E-state index is 13.5. The molecule has 0 aliphatic carbocycles. The Hall–Kier alpha value is -2.60. The third-order valence-corrected chi connectivity index (χ3v) is 6.34. The minimum absolute atomic E-state index is 0.112. The second-order valence-electron chi connectivity index (χ2n) is 6.02. The molecular weight excluding hydrogens is 383 g/mol. The molecule has 7 nitrogen and oxygen atoms in total. The molecule has 0 atom stereocenters. The molecule has 3 aromatic rings. The van der Waals surface area contributed by atoms with Crippen molar-refractivity contribution >= 4 is 23.9 Å². The van der Waals surface area contributed by atoms with Gasteiger partial charge in [0.2, 0.25) is 12.3 Å². The van der Waals surface area contributed by atoms with Crippen molar-refractivity contribution in [1.29, 1.82) is 0 Å². The van der Waals surface area contributed by atoms with Crippen molar-refractivity contribution in [3.05, 3.63) is 52.9 Å². The van der Waals surface area contributed by atoms with Crippen molar-refractivity contribution in [2.45, 2.75) is 13.8 Å². The quantitative estimate of drug-likeness (QED) is 0.575. The number of ether oxygens (including phenoxy) is 2. The van der Waals surface area contributed by atoms with Crippen molar-refractivity contribution in [1.82, 2.24) is 0 Å². The molecule has 0 saturated heterocycles. The monoisotopic (exact) mass is 402 g/mol. The molecule has 2 aromatic carbocycles. The first-order chi connectivity index (χ1) is 13.6. The summed E-state index contributed by atoms with van der Waals surface area (Å²) in [5.41, 5.74) is 0.408. The van der Waals surface area contributed by atoms with Crippen LogP contribution in [0, 0.1) is 0 Å². The highest BCUT2D eigenvalue weighted by Crippen LogP contribution is 2.50. The van der Waals surface area contributed by atoms with Crippen LogP contribution in [0.25, 0.3) is 21.9 Å². The first-order valence-electron chi connectivity index (χ1n) is 8.93. The van der Waals surface area contributed by atoms with Crippen LogP contribution in [0.5, 0.6) is 11.5 Å². The van der Waals surface area contributed by atoms with Crippen LogP contribution in [0.4, 0.5) is 0 Å². The Balaban J connectivity index is 2.06. The van der Waals surface area contributed by atoms with E-state index in [9.17, 15) is 9.36 Å². The zero-order valence-corrected chi connectivity index (χ0v) is 16.4. The Kier molecular flexibility index (Phi) is 4.98. The molecule has 0 spiro atoms. The summed E-state index contributed by atoms with van der Waals surface area (Å²) in [4.78, 5) is 12.6. The highest BCUT2D eigenvalue weighted by atomic mass is 31.2. The van der Waals surface area contributed by atoms with Gasteiger partial charge in [0.25, 0.3) is 0 Å². The standard InChI is InChI=1S/C20H19O7P/c1-3-25-28(22,26-4-2)20-18(13-9-10-16-17(11-13)24-12-23-16)14-7-5-6-8-15(14)19(21)27-20/h5-11H,3-4,12H2,1-2H3. The van der Waals surface area contributed by atoms with E-state index >= 15 is 0 Å². The Bertz CT molecular complexity index is 1130. The SMILES string of the molecule is CCOP(=O)(OCC)c1oc(=O)c2ccccc2c1-c1ccc2c(c1)OCO2. The second-order valence-corrected chi connectivity index (χ2v) is 7.93. The van der Waals surface area contributed by atoms with Gasteiger partial charge in [-0.1, -0.05) is 24.3 Å². The Morgan fingerprint density at radius 2 is 1.64 bits per heavy atom. The summed E-state index contributed by atoms with van der Waals surface area (Å²) >= 11 is 0. The molecule has 1 aliphatic rings. The van der Waals surface area contributed by atoms with Crippen LogP contribution < -0.4 is 20.6 Å². The van der Waals surface area contributed by atoms with Crippen LogP contribution in [0.15, 0.2) is 51.7 Å². The highest BCUT2D eigenvalue weighted by molar-refractivity contribution is 7.62. The third kappa shape index (κ3) is 3.11. The van der Waals surface area contributed by atoms with Crippen molar-refractivity contribution in [3.8, 4) is 22.6 Å². The van der Waals surface area contributed by atoms with E-state index in [0.29, 0.717) is 33.4 Å². The molecule has 28 heavy (non-hydrogen) atoms. The number of rotatable bonds is 6. The molecule has 0 amide bonds. The largest absolute Gasteiger partial charge is 0.454 e. The van der Waals surface area contributed by atoms with E-state index < -0.39 is 13.2 Å². The molecule has 0 N–H and O–H groups in total. The molecule has 2 heterocycles. The summed E-state index contributed by atoms with van der Waals surface area (Å²) in [6, 6.07) is 12.3. The third-order valence-electron chi connectivity index (χ3n) is 4.33. The van der Waals surface area contributed by atoms with Crippen LogP contribution in [0.3, 0.4) is 0 Å². The molecule has 1 aliphatic heterocycles. The zero-order chi connectivity index (χ0) is 19.7. The lowest BCUT2D eigenvalue weighted by atomic mass is 10.0. The van der Waals surface area contributed by atoms with Crippen molar-refractivity contribution in [3.63, 3.8) is 0 Å². The fraction of sp³-hybridized carbons (Fsp3) is 0.250. The normalized spacial score (nSPS) is 13.2. The van der Waals surface area contributed by atoms with Gasteiger partial charge >= 0.3 is 13.2 Å². The molecule has 4 rings (SSSR count). The summed E-state index contributed by atoms with van der Waals surface area (Å²) in [5, 5.41) is 0.964. The van der Waals surface area contributed by atoms with E-state index in [1.54, 1.807) is 56.3 Å². The fourth-order valence-electron chi connectivity index (χ4n) is 3.21. The molecule has 0 saturated carbocycles. The van der Waals surface area contributed by atoms with E-state index in [4.69, 9.17) is 22.9 Å². The lowest BCUT2D eigenvalue weighted by Gasteiger charge is -2.19. The van der Waals surface area contributed by atoms with E-state index in [2.05, 4.69) is 0 Å². The molecule has 0 fully saturated rings. The molecular formula is C20H19O7P. The molecule has 146 valence electrons. The summed E-state index contributed by atoms with van der Waals surface area (Å²) in [6.45, 7) is 3.80. The first-order valence-corrected chi connectivity index (χ1v) is 10.5. The number of fused-ring (bicyclic) bond motifs is 2. The van der Waals surface area contributed by atoms with E-state index in [1.165, 1.54) is 0 Å². The van der Waals surface area contributed by atoms with Gasteiger partial charge in [-0.05, 0) is 37.6 Å². The van der Waals surface area contributed by atoms with Gasteiger partial charge in [-0.3, -0.25) is 4.57 Å². The minimum atomic E-state index is -3.86. The van der Waals surface area contributed by atoms with Gasteiger partial charge in [-0.15, -0.1) is 0 Å². The average molecular weight is 402 g/mol. The van der Waals surface area contributed by atoms with Crippen LogP contribution in [0.1, 0.15) is 13.8 Å². The molecule has 0 bridgehead atoms. The maximum atomic E-state index is 13.5. The van der Waals surface area contributed by atoms with Gasteiger partial charge in [0, 0.05) is 10.9 Å². The van der Waals surface area contributed by atoms with Gasteiger partial charge in [0.05, 0.1) is 18.6 Å². The summed E-state index contributed by atoms with van der Waals surface area (Å²) < 4.78 is 40.8. The van der Waals surface area contributed by atoms with Crippen molar-refractivity contribution in [2.75, 3.05) is 20.0 Å². The second kappa shape index (κ2) is 7.43. The molecule has 0 radical (unpaired) electrons. The first kappa shape index (κ1) is 18.7. The predicted octanol–water partition coefficient (Wildman–Crippen LogP) is 4.08. The number of benzene rings is 2. The Morgan fingerprint density at radius 1 is 0.964 bits per heavy atom. The average Bonchev–Trinajstić information content (AvgIpc) is 3.16. The molecule has 0 unspecified atom stereocenters. The van der Waals surface area contributed by atoms with Crippen LogP contribution >= 0.6 is 7.60 Å². The highest BCUT2D eigenvalue weighted by Gasteiger charge is 2.36. The van der Waals surface area contributed by atoms with Crippen LogP contribution in [-0.2, 0) is 13.6 Å². The number of hydrogen-bond acceptors (Lipinski definition) is 7. The van der Waals surface area contributed by atoms with Crippen LogP contribution in [-0.4, -0.2) is 20.0 Å². The van der Waals surface area contributed by atoms with Crippen LogP contribution in [0.2, 0.25) is 0 Å². The van der Waals surface area contributed by atoms with Gasteiger partial charge in [-0.2, -0.15) is 0 Å². The van der Waals surface area contributed by atoms with Crippen molar-refractivity contribution < 1.29 is 27.5 Å². The Labute approximate surface area is 161 Å². The van der Waals surface area contributed by atoms with Gasteiger partial charge in [0.15, 0.2) is 11.5 Å². The molecule has 8 heteroatoms. The fourth-order valence-corrected chi connectivity index (χ4v) is 4.91. The van der Waals surface area contributed by atoms with E-state index in [0.717, 1.165) is 0 Å². The van der Waals surface area contributed by atoms with Gasteiger partial charge in [0.1, 0.15) is 0 Å². The summed E-state index contributed by atoms with van der Waals surface area (Å²) in [7, 11) is -3.86. The van der Waals surface area contributed by atoms with Crippen molar-refractivity contribution in [2.24, 2.45) is 0 Å². The van der Waals surface area contributed by atoms with E-state index in [-0.39, 0.29) is 25.5 Å². The zero-order valence-electron chi connectivity index (χ0n) is 15.5. The van der Waals surface area contributed by atoms with Gasteiger partial charge < -0.3 is 22.9 Å². The smallest absolute Gasteiger partial charge is 0.397 e. The lowest BCUT2D eigenvalue weighted by molar-refractivity contribution is 0.174. The number of hydrogen-bond donors (Lipinski definition) is 0. The lowest BCUT2D eigenvalue weighted by Crippen LogP contribution is -2.19. The predicted molar refractivity (Wildman–Crippen MR) is 105 cm³/mol. The van der Waals surface area contributed by atoms with Gasteiger partial charge in [-0.25, -0.2) is 4.79 Å². The molecule has 1 aromatic heterocycles. The summed E-state index contributed by atoms with van der Waals surface area (Å²) in [5.74, 6) is 1.17. The summed E-state index contributed by atoms with van der Waals surface area (Å²) in [6.07, 6.45) is 0. The topological polar surface area (TPSA) is 84.2 Å². The maximum Gasteiger partial charge on any atom is 0.397 e. The minimum Gasteiger partial charge on any atom is -0.454 e. The Morgan fingerprint density at radius 3 is 2.36 bits per heavy atom.